The first kappa shape index (κ1) is 19.2. The van der Waals surface area contributed by atoms with Gasteiger partial charge in [-0.2, -0.15) is 0 Å². The van der Waals surface area contributed by atoms with E-state index in [0.717, 1.165) is 23.0 Å². The van der Waals surface area contributed by atoms with E-state index in [1.807, 2.05) is 28.8 Å². The first-order valence-corrected chi connectivity index (χ1v) is 9.18. The average Bonchev–Trinajstić information content (AvgIpc) is 3.07. The maximum absolute atomic E-state index is 13.9. The molecule has 0 radical (unpaired) electrons. The number of fused-ring (bicyclic) bond motifs is 3. The highest BCUT2D eigenvalue weighted by molar-refractivity contribution is 5.77. The minimum Gasteiger partial charge on any atom is -0.332 e. The molecule has 1 atom stereocenters. The molecule has 3 aromatic rings. The SMILES string of the molecule is N[C@@H](CC(=O)N1Cc2ccccc2-n2cncc2C1)Cc1cc(F)c(F)cc1F. The third-order valence-corrected chi connectivity index (χ3v) is 5.04. The van der Waals surface area contributed by atoms with Gasteiger partial charge < -0.3 is 15.2 Å². The average molecular weight is 400 g/mol. The van der Waals surface area contributed by atoms with E-state index in [2.05, 4.69) is 4.98 Å². The summed E-state index contributed by atoms with van der Waals surface area (Å²) < 4.78 is 42.3. The van der Waals surface area contributed by atoms with Gasteiger partial charge in [0.15, 0.2) is 11.6 Å². The molecule has 0 spiro atoms. The molecule has 8 heteroatoms. The monoisotopic (exact) mass is 400 g/mol. The summed E-state index contributed by atoms with van der Waals surface area (Å²) >= 11 is 0. The Bertz CT molecular complexity index is 1070. The van der Waals surface area contributed by atoms with Crippen molar-refractivity contribution < 1.29 is 18.0 Å². The predicted molar refractivity (Wildman–Crippen MR) is 100 cm³/mol. The fourth-order valence-electron chi connectivity index (χ4n) is 3.60. The molecule has 0 unspecified atom stereocenters. The smallest absolute Gasteiger partial charge is 0.224 e. The Balaban J connectivity index is 1.50. The number of carbonyl (C=O) groups excluding carboxylic acids is 1. The molecule has 0 saturated heterocycles. The summed E-state index contributed by atoms with van der Waals surface area (Å²) in [6, 6.07) is 8.29. The predicted octanol–water partition coefficient (Wildman–Crippen LogP) is 3.09. The lowest BCUT2D eigenvalue weighted by molar-refractivity contribution is -0.132. The highest BCUT2D eigenvalue weighted by atomic mass is 19.2. The lowest BCUT2D eigenvalue weighted by Crippen LogP contribution is -2.36. The Morgan fingerprint density at radius 1 is 1.10 bits per heavy atom. The van der Waals surface area contributed by atoms with Crippen molar-refractivity contribution in [2.24, 2.45) is 5.73 Å². The Morgan fingerprint density at radius 2 is 1.86 bits per heavy atom. The van der Waals surface area contributed by atoms with Gasteiger partial charge in [-0.1, -0.05) is 18.2 Å². The van der Waals surface area contributed by atoms with Crippen LogP contribution in [-0.4, -0.2) is 26.4 Å². The maximum Gasteiger partial charge on any atom is 0.224 e. The Hall–Kier alpha value is -3.13. The molecule has 2 N–H and O–H groups in total. The molecular weight excluding hydrogens is 381 g/mol. The van der Waals surface area contributed by atoms with Gasteiger partial charge in [-0.25, -0.2) is 18.2 Å². The minimum atomic E-state index is -1.25. The van der Waals surface area contributed by atoms with Crippen LogP contribution in [0.1, 0.15) is 23.2 Å². The van der Waals surface area contributed by atoms with Crippen LogP contribution in [-0.2, 0) is 24.3 Å². The van der Waals surface area contributed by atoms with Crippen LogP contribution in [0.3, 0.4) is 0 Å². The molecule has 0 aliphatic carbocycles. The van der Waals surface area contributed by atoms with Crippen molar-refractivity contribution in [2.75, 3.05) is 0 Å². The van der Waals surface area contributed by atoms with Gasteiger partial charge in [-0.15, -0.1) is 0 Å². The summed E-state index contributed by atoms with van der Waals surface area (Å²) in [5.74, 6) is -3.47. The zero-order valence-corrected chi connectivity index (χ0v) is 15.5. The van der Waals surface area contributed by atoms with Crippen molar-refractivity contribution in [3.8, 4) is 5.69 Å². The van der Waals surface area contributed by atoms with E-state index in [1.165, 1.54) is 0 Å². The number of nitrogens with zero attached hydrogens (tertiary/aromatic N) is 3. The van der Waals surface area contributed by atoms with Crippen LogP contribution in [0.15, 0.2) is 48.9 Å². The largest absolute Gasteiger partial charge is 0.332 e. The number of rotatable bonds is 4. The fraction of sp³-hybridized carbons (Fsp3) is 0.238. The second kappa shape index (κ2) is 7.71. The summed E-state index contributed by atoms with van der Waals surface area (Å²) in [6.45, 7) is 0.767. The number of hydrogen-bond donors (Lipinski definition) is 1. The van der Waals surface area contributed by atoms with Crippen molar-refractivity contribution in [1.29, 1.82) is 0 Å². The van der Waals surface area contributed by atoms with E-state index < -0.39 is 23.5 Å². The number of nitrogens with two attached hydrogens (primary N) is 1. The van der Waals surface area contributed by atoms with Gasteiger partial charge in [0.2, 0.25) is 5.91 Å². The molecule has 1 aliphatic heterocycles. The summed E-state index contributed by atoms with van der Waals surface area (Å²) in [5.41, 5.74) is 8.77. The van der Waals surface area contributed by atoms with Gasteiger partial charge in [0.05, 0.1) is 30.5 Å². The molecule has 2 aromatic carbocycles. The topological polar surface area (TPSA) is 64.2 Å². The van der Waals surface area contributed by atoms with Crippen molar-refractivity contribution >= 4 is 5.91 Å². The minimum absolute atomic E-state index is 0.0469. The molecule has 1 amide bonds. The number of amides is 1. The number of aromatic nitrogens is 2. The molecular formula is C21H19F3N4O. The zero-order valence-electron chi connectivity index (χ0n) is 15.5. The second-order valence-electron chi connectivity index (χ2n) is 7.16. The highest BCUT2D eigenvalue weighted by Gasteiger charge is 2.24. The molecule has 29 heavy (non-hydrogen) atoms. The van der Waals surface area contributed by atoms with Gasteiger partial charge in [0, 0.05) is 25.1 Å². The van der Waals surface area contributed by atoms with Crippen LogP contribution in [0.4, 0.5) is 13.2 Å². The number of benzene rings is 2. The van der Waals surface area contributed by atoms with Gasteiger partial charge >= 0.3 is 0 Å². The van der Waals surface area contributed by atoms with E-state index in [4.69, 9.17) is 5.73 Å². The molecule has 4 rings (SSSR count). The van der Waals surface area contributed by atoms with Crippen LogP contribution in [0.2, 0.25) is 0 Å². The standard InChI is InChI=1S/C21H19F3N4O/c22-17-8-19(24)18(23)6-14(17)5-15(25)7-21(29)27-10-13-3-1-2-4-20(13)28-12-26-9-16(28)11-27/h1-4,6,8-9,12,15H,5,7,10-11,25H2/t15-/m1/s1. The first-order chi connectivity index (χ1) is 13.9. The van der Waals surface area contributed by atoms with E-state index in [0.29, 0.717) is 19.2 Å². The van der Waals surface area contributed by atoms with Gasteiger partial charge in [-0.05, 0) is 29.7 Å². The van der Waals surface area contributed by atoms with Gasteiger partial charge in [0.1, 0.15) is 5.82 Å². The van der Waals surface area contributed by atoms with Gasteiger partial charge in [0.25, 0.3) is 0 Å². The van der Waals surface area contributed by atoms with Crippen LogP contribution >= 0.6 is 0 Å². The number of halogens is 3. The maximum atomic E-state index is 13.9. The normalized spacial score (nSPS) is 14.1. The van der Waals surface area contributed by atoms with Crippen molar-refractivity contribution in [2.45, 2.75) is 32.0 Å². The highest BCUT2D eigenvalue weighted by Crippen LogP contribution is 2.25. The molecule has 2 heterocycles. The quantitative estimate of drug-likeness (QED) is 0.685. The van der Waals surface area contributed by atoms with Crippen LogP contribution in [0.5, 0.6) is 0 Å². The molecule has 0 saturated carbocycles. The summed E-state index contributed by atoms with van der Waals surface area (Å²) in [6.07, 6.45) is 3.30. The van der Waals surface area contributed by atoms with Crippen molar-refractivity contribution in [1.82, 2.24) is 14.5 Å². The van der Waals surface area contributed by atoms with Crippen LogP contribution in [0, 0.1) is 17.5 Å². The number of para-hydroxylation sites is 1. The van der Waals surface area contributed by atoms with E-state index >= 15 is 0 Å². The molecule has 0 fully saturated rings. The number of hydrogen-bond acceptors (Lipinski definition) is 3. The van der Waals surface area contributed by atoms with Gasteiger partial charge in [-0.3, -0.25) is 4.79 Å². The third-order valence-electron chi connectivity index (χ3n) is 5.04. The van der Waals surface area contributed by atoms with E-state index in [1.54, 1.807) is 17.4 Å². The van der Waals surface area contributed by atoms with E-state index in [-0.39, 0.29) is 24.3 Å². The number of carbonyl (C=O) groups is 1. The number of imidazole rings is 1. The van der Waals surface area contributed by atoms with E-state index in [9.17, 15) is 18.0 Å². The summed E-state index contributed by atoms with van der Waals surface area (Å²) in [7, 11) is 0. The third kappa shape index (κ3) is 3.88. The van der Waals surface area contributed by atoms with Crippen LogP contribution in [0.25, 0.3) is 5.69 Å². The molecule has 150 valence electrons. The molecule has 0 bridgehead atoms. The van der Waals surface area contributed by atoms with Crippen LogP contribution < -0.4 is 5.73 Å². The lowest BCUT2D eigenvalue weighted by atomic mass is 10.0. The Kier molecular flexibility index (Phi) is 5.10. The summed E-state index contributed by atoms with van der Waals surface area (Å²) in [5, 5.41) is 0. The second-order valence-corrected chi connectivity index (χ2v) is 7.16. The first-order valence-electron chi connectivity index (χ1n) is 9.18. The lowest BCUT2D eigenvalue weighted by Gasteiger charge is -2.22. The zero-order chi connectivity index (χ0) is 20.5. The molecule has 1 aliphatic rings. The summed E-state index contributed by atoms with van der Waals surface area (Å²) in [4.78, 5) is 18.7. The molecule has 5 nitrogen and oxygen atoms in total. The van der Waals surface area contributed by atoms with Crippen molar-refractivity contribution in [3.05, 3.63) is 83.2 Å². The molecule has 1 aromatic heterocycles. The fourth-order valence-corrected chi connectivity index (χ4v) is 3.60. The Labute approximate surface area is 165 Å². The van der Waals surface area contributed by atoms with Crippen molar-refractivity contribution in [3.63, 3.8) is 0 Å². The Morgan fingerprint density at radius 3 is 2.69 bits per heavy atom.